The minimum absolute atomic E-state index is 0.115. The number of benzene rings is 1. The van der Waals surface area contributed by atoms with E-state index in [0.29, 0.717) is 0 Å². The van der Waals surface area contributed by atoms with Gasteiger partial charge in [0.15, 0.2) is 0 Å². The fraction of sp³-hybridized carbons (Fsp3) is 0.533. The van der Waals surface area contributed by atoms with Gasteiger partial charge in [-0.25, -0.2) is 0 Å². The Labute approximate surface area is 119 Å². The van der Waals surface area contributed by atoms with E-state index in [0.717, 1.165) is 28.5 Å². The SMILES string of the molecule is COc1ccc(C(=N)N)cc1CSCC1CCCC1. The van der Waals surface area contributed by atoms with Crippen LogP contribution in [0, 0.1) is 11.3 Å². The number of nitrogens with two attached hydrogens (primary N) is 1. The van der Waals surface area contributed by atoms with Crippen LogP contribution in [0.5, 0.6) is 5.75 Å². The highest BCUT2D eigenvalue weighted by molar-refractivity contribution is 7.98. The van der Waals surface area contributed by atoms with Gasteiger partial charge in [0.05, 0.1) is 7.11 Å². The molecular weight excluding hydrogens is 256 g/mol. The quantitative estimate of drug-likeness (QED) is 0.619. The molecule has 0 saturated heterocycles. The van der Waals surface area contributed by atoms with E-state index < -0.39 is 0 Å². The van der Waals surface area contributed by atoms with Crippen molar-refractivity contribution in [1.29, 1.82) is 5.41 Å². The predicted molar refractivity (Wildman–Crippen MR) is 82.1 cm³/mol. The lowest BCUT2D eigenvalue weighted by atomic mass is 10.1. The standard InChI is InChI=1S/C15H22N2OS/c1-18-14-7-6-12(15(16)17)8-13(14)10-19-9-11-4-2-3-5-11/h6-8,11H,2-5,9-10H2,1H3,(H3,16,17). The summed E-state index contributed by atoms with van der Waals surface area (Å²) in [5, 5.41) is 7.50. The molecule has 4 heteroatoms. The summed E-state index contributed by atoms with van der Waals surface area (Å²) in [5.74, 6) is 4.06. The van der Waals surface area contributed by atoms with E-state index >= 15 is 0 Å². The predicted octanol–water partition coefficient (Wildman–Crippen LogP) is 3.40. The van der Waals surface area contributed by atoms with Gasteiger partial charge < -0.3 is 10.5 Å². The van der Waals surface area contributed by atoms with Crippen molar-refractivity contribution >= 4 is 17.6 Å². The van der Waals surface area contributed by atoms with Crippen LogP contribution in [0.25, 0.3) is 0 Å². The zero-order valence-corrected chi connectivity index (χ0v) is 12.3. The van der Waals surface area contributed by atoms with E-state index in [-0.39, 0.29) is 5.84 Å². The molecule has 2 rings (SSSR count). The number of methoxy groups -OCH3 is 1. The normalized spacial score (nSPS) is 15.6. The minimum atomic E-state index is 0.115. The molecule has 1 aliphatic carbocycles. The molecule has 104 valence electrons. The van der Waals surface area contributed by atoms with E-state index in [1.165, 1.54) is 31.4 Å². The summed E-state index contributed by atoms with van der Waals surface area (Å²) < 4.78 is 5.38. The van der Waals surface area contributed by atoms with Gasteiger partial charge in [0.2, 0.25) is 0 Å². The van der Waals surface area contributed by atoms with Crippen molar-refractivity contribution in [2.24, 2.45) is 11.7 Å². The van der Waals surface area contributed by atoms with E-state index in [2.05, 4.69) is 0 Å². The highest BCUT2D eigenvalue weighted by Gasteiger charge is 2.15. The minimum Gasteiger partial charge on any atom is -0.496 e. The molecule has 0 spiro atoms. The zero-order valence-electron chi connectivity index (χ0n) is 11.4. The molecule has 1 aliphatic rings. The molecule has 19 heavy (non-hydrogen) atoms. The number of hydrogen-bond donors (Lipinski definition) is 2. The smallest absolute Gasteiger partial charge is 0.122 e. The van der Waals surface area contributed by atoms with Gasteiger partial charge in [-0.05, 0) is 42.7 Å². The number of nitrogen functional groups attached to an aromatic ring is 1. The van der Waals surface area contributed by atoms with Gasteiger partial charge in [0, 0.05) is 16.9 Å². The molecule has 1 aromatic carbocycles. The molecule has 0 bridgehead atoms. The number of nitrogens with one attached hydrogen (secondary N) is 1. The number of ether oxygens (including phenoxy) is 1. The number of amidine groups is 1. The van der Waals surface area contributed by atoms with Gasteiger partial charge in [-0.3, -0.25) is 5.41 Å². The van der Waals surface area contributed by atoms with Crippen molar-refractivity contribution in [2.75, 3.05) is 12.9 Å². The Bertz CT molecular complexity index is 442. The summed E-state index contributed by atoms with van der Waals surface area (Å²) in [7, 11) is 1.69. The van der Waals surface area contributed by atoms with Crippen molar-refractivity contribution in [2.45, 2.75) is 31.4 Å². The lowest BCUT2D eigenvalue weighted by Gasteiger charge is -2.12. The Morgan fingerprint density at radius 2 is 2.16 bits per heavy atom. The van der Waals surface area contributed by atoms with Crippen LogP contribution in [0.15, 0.2) is 18.2 Å². The first-order valence-corrected chi connectivity index (χ1v) is 7.95. The van der Waals surface area contributed by atoms with Crippen LogP contribution in [0.2, 0.25) is 0 Å². The van der Waals surface area contributed by atoms with Crippen molar-refractivity contribution in [3.05, 3.63) is 29.3 Å². The fourth-order valence-electron chi connectivity index (χ4n) is 2.57. The summed E-state index contributed by atoms with van der Waals surface area (Å²) in [6.07, 6.45) is 5.57. The second-order valence-electron chi connectivity index (χ2n) is 5.11. The first-order valence-electron chi connectivity index (χ1n) is 6.79. The maximum Gasteiger partial charge on any atom is 0.122 e. The van der Waals surface area contributed by atoms with Crippen LogP contribution < -0.4 is 10.5 Å². The van der Waals surface area contributed by atoms with Crippen molar-refractivity contribution in [3.8, 4) is 5.75 Å². The third-order valence-electron chi connectivity index (χ3n) is 3.68. The van der Waals surface area contributed by atoms with Crippen molar-refractivity contribution in [1.82, 2.24) is 0 Å². The Morgan fingerprint density at radius 1 is 1.42 bits per heavy atom. The molecule has 0 heterocycles. The molecule has 1 aromatic rings. The summed E-state index contributed by atoms with van der Waals surface area (Å²) >= 11 is 1.96. The molecule has 1 fully saturated rings. The second-order valence-corrected chi connectivity index (χ2v) is 6.14. The Kier molecular flexibility index (Phi) is 5.14. The van der Waals surface area contributed by atoms with Gasteiger partial charge in [-0.15, -0.1) is 0 Å². The second kappa shape index (κ2) is 6.85. The van der Waals surface area contributed by atoms with Gasteiger partial charge >= 0.3 is 0 Å². The molecule has 0 radical (unpaired) electrons. The summed E-state index contributed by atoms with van der Waals surface area (Å²) in [6, 6.07) is 5.72. The first-order chi connectivity index (χ1) is 9.20. The lowest BCUT2D eigenvalue weighted by Crippen LogP contribution is -2.11. The Morgan fingerprint density at radius 3 is 2.79 bits per heavy atom. The van der Waals surface area contributed by atoms with Crippen LogP contribution in [-0.4, -0.2) is 18.7 Å². The number of rotatable bonds is 6. The number of thioether (sulfide) groups is 1. The molecule has 0 atom stereocenters. The first kappa shape index (κ1) is 14.3. The Balaban J connectivity index is 1.96. The van der Waals surface area contributed by atoms with E-state index in [1.54, 1.807) is 7.11 Å². The van der Waals surface area contributed by atoms with E-state index in [4.69, 9.17) is 15.9 Å². The maximum absolute atomic E-state index is 7.50. The molecule has 0 amide bonds. The molecule has 3 N–H and O–H groups in total. The highest BCUT2D eigenvalue weighted by Crippen LogP contribution is 2.31. The van der Waals surface area contributed by atoms with Crippen LogP contribution >= 0.6 is 11.8 Å². The summed E-state index contributed by atoms with van der Waals surface area (Å²) in [5.41, 5.74) is 7.45. The lowest BCUT2D eigenvalue weighted by molar-refractivity contribution is 0.411. The van der Waals surface area contributed by atoms with Crippen LogP contribution in [0.3, 0.4) is 0 Å². The molecule has 0 aromatic heterocycles. The van der Waals surface area contributed by atoms with Gasteiger partial charge in [-0.1, -0.05) is 12.8 Å². The van der Waals surface area contributed by atoms with E-state index in [9.17, 15) is 0 Å². The third-order valence-corrected chi connectivity index (χ3v) is 4.90. The Hall–Kier alpha value is -1.16. The number of hydrogen-bond acceptors (Lipinski definition) is 3. The zero-order chi connectivity index (χ0) is 13.7. The average molecular weight is 278 g/mol. The highest BCUT2D eigenvalue weighted by atomic mass is 32.2. The van der Waals surface area contributed by atoms with Crippen LogP contribution in [0.4, 0.5) is 0 Å². The topological polar surface area (TPSA) is 59.1 Å². The molecule has 1 saturated carbocycles. The molecule has 0 unspecified atom stereocenters. The molecular formula is C15H22N2OS. The van der Waals surface area contributed by atoms with Crippen LogP contribution in [0.1, 0.15) is 36.8 Å². The summed E-state index contributed by atoms with van der Waals surface area (Å²) in [4.78, 5) is 0. The third kappa shape index (κ3) is 3.90. The van der Waals surface area contributed by atoms with Crippen LogP contribution in [-0.2, 0) is 5.75 Å². The molecule has 0 aliphatic heterocycles. The fourth-order valence-corrected chi connectivity index (χ4v) is 3.80. The average Bonchev–Trinajstić information content (AvgIpc) is 2.91. The van der Waals surface area contributed by atoms with Gasteiger partial charge in [0.1, 0.15) is 11.6 Å². The molecule has 3 nitrogen and oxygen atoms in total. The van der Waals surface area contributed by atoms with Crippen molar-refractivity contribution in [3.63, 3.8) is 0 Å². The largest absolute Gasteiger partial charge is 0.496 e. The summed E-state index contributed by atoms with van der Waals surface area (Å²) in [6.45, 7) is 0. The van der Waals surface area contributed by atoms with Gasteiger partial charge in [-0.2, -0.15) is 11.8 Å². The van der Waals surface area contributed by atoms with Crippen molar-refractivity contribution < 1.29 is 4.74 Å². The monoisotopic (exact) mass is 278 g/mol. The van der Waals surface area contributed by atoms with E-state index in [1.807, 2.05) is 30.0 Å². The van der Waals surface area contributed by atoms with Gasteiger partial charge in [0.25, 0.3) is 0 Å². The maximum atomic E-state index is 7.50.